The molecule has 0 bridgehead atoms. The van der Waals surface area contributed by atoms with E-state index in [0.29, 0.717) is 0 Å². The average molecular weight is 140 g/mol. The standard InChI is InChI=1S/C8H16N2/c1-5-7-8(9-6-2)10(3)4/h5-9H,2H2,1,3-4H3/b7-5-. The second kappa shape index (κ2) is 5.06. The van der Waals surface area contributed by atoms with Crippen LogP contribution in [0.25, 0.3) is 0 Å². The molecule has 0 saturated carbocycles. The Balaban J connectivity index is 3.84. The summed E-state index contributed by atoms with van der Waals surface area (Å²) in [7, 11) is 4.03. The van der Waals surface area contributed by atoms with Crippen LogP contribution in [0.1, 0.15) is 6.92 Å². The fourth-order valence-electron chi connectivity index (χ4n) is 0.680. The molecule has 0 aliphatic heterocycles. The first kappa shape index (κ1) is 9.24. The van der Waals surface area contributed by atoms with Crippen LogP contribution in [0.2, 0.25) is 0 Å². The molecule has 0 aromatic carbocycles. The van der Waals surface area contributed by atoms with E-state index in [1.165, 1.54) is 0 Å². The van der Waals surface area contributed by atoms with Crippen molar-refractivity contribution in [2.24, 2.45) is 0 Å². The molecule has 0 spiro atoms. The number of likely N-dealkylation sites (N-methyl/N-ethyl adjacent to an activating group) is 1. The lowest BCUT2D eigenvalue weighted by atomic mass is 10.4. The quantitative estimate of drug-likeness (QED) is 0.466. The molecule has 0 amide bonds. The third-order valence-corrected chi connectivity index (χ3v) is 1.22. The van der Waals surface area contributed by atoms with Crippen LogP contribution in [-0.2, 0) is 0 Å². The third kappa shape index (κ3) is 3.30. The van der Waals surface area contributed by atoms with Gasteiger partial charge in [0.05, 0.1) is 6.17 Å². The van der Waals surface area contributed by atoms with Crippen LogP contribution in [0.4, 0.5) is 0 Å². The molecule has 0 saturated heterocycles. The molecule has 0 aliphatic rings. The van der Waals surface area contributed by atoms with E-state index in [-0.39, 0.29) is 6.17 Å². The predicted molar refractivity (Wildman–Crippen MR) is 45.6 cm³/mol. The zero-order valence-corrected chi connectivity index (χ0v) is 6.96. The number of hydrogen-bond acceptors (Lipinski definition) is 2. The van der Waals surface area contributed by atoms with Gasteiger partial charge in [-0.2, -0.15) is 0 Å². The number of nitrogens with one attached hydrogen (secondary N) is 1. The summed E-state index contributed by atoms with van der Waals surface area (Å²) < 4.78 is 0. The summed E-state index contributed by atoms with van der Waals surface area (Å²) in [5.41, 5.74) is 0. The fourth-order valence-corrected chi connectivity index (χ4v) is 0.680. The third-order valence-electron chi connectivity index (χ3n) is 1.22. The van der Waals surface area contributed by atoms with Crippen molar-refractivity contribution < 1.29 is 0 Å². The lowest BCUT2D eigenvalue weighted by Crippen LogP contribution is -2.36. The van der Waals surface area contributed by atoms with Crippen LogP contribution in [0.5, 0.6) is 0 Å². The van der Waals surface area contributed by atoms with E-state index in [4.69, 9.17) is 0 Å². The van der Waals surface area contributed by atoms with Crippen molar-refractivity contribution in [3.05, 3.63) is 24.9 Å². The minimum absolute atomic E-state index is 0.266. The van der Waals surface area contributed by atoms with Gasteiger partial charge >= 0.3 is 0 Å². The lowest BCUT2D eigenvalue weighted by molar-refractivity contribution is 0.318. The Bertz CT molecular complexity index is 116. The maximum Gasteiger partial charge on any atom is 0.0976 e. The first-order chi connectivity index (χ1) is 4.72. The highest BCUT2D eigenvalue weighted by atomic mass is 15.2. The van der Waals surface area contributed by atoms with Gasteiger partial charge in [-0.25, -0.2) is 0 Å². The molecule has 0 radical (unpaired) electrons. The Morgan fingerprint density at radius 1 is 1.50 bits per heavy atom. The first-order valence-corrected chi connectivity index (χ1v) is 3.38. The van der Waals surface area contributed by atoms with Crippen molar-refractivity contribution in [3.8, 4) is 0 Å². The normalized spacial score (nSPS) is 14.0. The summed E-state index contributed by atoms with van der Waals surface area (Å²) >= 11 is 0. The second-order valence-electron chi connectivity index (χ2n) is 2.31. The van der Waals surface area contributed by atoms with Crippen LogP contribution >= 0.6 is 0 Å². The SMILES string of the molecule is C=CNC(/C=C\C)N(C)C. The van der Waals surface area contributed by atoms with Crippen LogP contribution < -0.4 is 5.32 Å². The molecular formula is C8H16N2. The molecule has 0 aromatic heterocycles. The van der Waals surface area contributed by atoms with E-state index in [1.807, 2.05) is 27.1 Å². The van der Waals surface area contributed by atoms with Crippen molar-refractivity contribution in [2.75, 3.05) is 14.1 Å². The summed E-state index contributed by atoms with van der Waals surface area (Å²) in [5, 5.41) is 3.09. The molecule has 1 unspecified atom stereocenters. The number of hydrogen-bond donors (Lipinski definition) is 1. The smallest absolute Gasteiger partial charge is 0.0976 e. The summed E-state index contributed by atoms with van der Waals surface area (Å²) in [4.78, 5) is 2.07. The summed E-state index contributed by atoms with van der Waals surface area (Å²) in [6.07, 6.45) is 6.05. The molecule has 0 rings (SSSR count). The Morgan fingerprint density at radius 2 is 2.10 bits per heavy atom. The Labute approximate surface area is 63.2 Å². The van der Waals surface area contributed by atoms with Crippen LogP contribution in [0.3, 0.4) is 0 Å². The number of allylic oxidation sites excluding steroid dienone is 1. The van der Waals surface area contributed by atoms with Gasteiger partial charge in [0.25, 0.3) is 0 Å². The van der Waals surface area contributed by atoms with Crippen molar-refractivity contribution in [2.45, 2.75) is 13.1 Å². The van der Waals surface area contributed by atoms with E-state index in [2.05, 4.69) is 22.9 Å². The Kier molecular flexibility index (Phi) is 4.67. The van der Waals surface area contributed by atoms with Gasteiger partial charge < -0.3 is 5.32 Å². The van der Waals surface area contributed by atoms with E-state index >= 15 is 0 Å². The van der Waals surface area contributed by atoms with Crippen molar-refractivity contribution >= 4 is 0 Å². The van der Waals surface area contributed by atoms with E-state index in [1.54, 1.807) is 6.20 Å². The molecule has 2 nitrogen and oxygen atoms in total. The number of rotatable bonds is 4. The van der Waals surface area contributed by atoms with Crippen molar-refractivity contribution in [1.82, 2.24) is 10.2 Å². The molecule has 0 aliphatic carbocycles. The predicted octanol–water partition coefficient (Wildman–Crippen LogP) is 1.18. The lowest BCUT2D eigenvalue weighted by Gasteiger charge is -2.20. The zero-order chi connectivity index (χ0) is 7.98. The summed E-state index contributed by atoms with van der Waals surface area (Å²) in [6.45, 7) is 5.59. The van der Waals surface area contributed by atoms with Gasteiger partial charge in [0, 0.05) is 0 Å². The molecular weight excluding hydrogens is 124 g/mol. The second-order valence-corrected chi connectivity index (χ2v) is 2.31. The largest absolute Gasteiger partial charge is 0.373 e. The molecule has 1 N–H and O–H groups in total. The van der Waals surface area contributed by atoms with Gasteiger partial charge in [-0.05, 0) is 27.2 Å². The van der Waals surface area contributed by atoms with Crippen LogP contribution in [0.15, 0.2) is 24.9 Å². The molecule has 58 valence electrons. The van der Waals surface area contributed by atoms with Gasteiger partial charge in [-0.15, -0.1) is 0 Å². The van der Waals surface area contributed by atoms with E-state index < -0.39 is 0 Å². The van der Waals surface area contributed by atoms with Crippen LogP contribution in [-0.4, -0.2) is 25.2 Å². The zero-order valence-electron chi connectivity index (χ0n) is 6.96. The molecule has 0 aromatic rings. The first-order valence-electron chi connectivity index (χ1n) is 3.38. The molecule has 2 heteroatoms. The van der Waals surface area contributed by atoms with Crippen molar-refractivity contribution in [1.29, 1.82) is 0 Å². The van der Waals surface area contributed by atoms with E-state index in [0.717, 1.165) is 0 Å². The summed E-state index contributed by atoms with van der Waals surface area (Å²) in [6, 6.07) is 0. The monoisotopic (exact) mass is 140 g/mol. The highest BCUT2D eigenvalue weighted by Gasteiger charge is 2.00. The molecule has 0 heterocycles. The van der Waals surface area contributed by atoms with E-state index in [9.17, 15) is 0 Å². The van der Waals surface area contributed by atoms with Gasteiger partial charge in [0.15, 0.2) is 0 Å². The molecule has 0 fully saturated rings. The fraction of sp³-hybridized carbons (Fsp3) is 0.500. The minimum atomic E-state index is 0.266. The van der Waals surface area contributed by atoms with Gasteiger partial charge in [-0.3, -0.25) is 4.90 Å². The summed E-state index contributed by atoms with van der Waals surface area (Å²) in [5.74, 6) is 0. The van der Waals surface area contributed by atoms with Crippen molar-refractivity contribution in [3.63, 3.8) is 0 Å². The minimum Gasteiger partial charge on any atom is -0.373 e. The van der Waals surface area contributed by atoms with Gasteiger partial charge in [0.2, 0.25) is 0 Å². The highest BCUT2D eigenvalue weighted by Crippen LogP contribution is 1.89. The maximum atomic E-state index is 3.59. The maximum absolute atomic E-state index is 3.59. The average Bonchev–Trinajstić information content (AvgIpc) is 1.87. The Hall–Kier alpha value is -0.760. The van der Waals surface area contributed by atoms with Gasteiger partial charge in [-0.1, -0.05) is 18.7 Å². The highest BCUT2D eigenvalue weighted by molar-refractivity contribution is 4.91. The van der Waals surface area contributed by atoms with Gasteiger partial charge in [0.1, 0.15) is 0 Å². The molecule has 10 heavy (non-hydrogen) atoms. The topological polar surface area (TPSA) is 15.3 Å². The molecule has 1 atom stereocenters. The number of nitrogens with zero attached hydrogens (tertiary/aromatic N) is 1. The Morgan fingerprint density at radius 3 is 2.40 bits per heavy atom. The van der Waals surface area contributed by atoms with Crippen LogP contribution in [0, 0.1) is 0 Å².